The number of benzene rings is 1. The number of hydrogen-bond acceptors (Lipinski definition) is 4. The number of nitrogens with zero attached hydrogens (tertiary/aromatic N) is 1. The normalized spacial score (nSPS) is 12.8. The molecule has 0 spiro atoms. The Morgan fingerprint density at radius 1 is 1.55 bits per heavy atom. The summed E-state index contributed by atoms with van der Waals surface area (Å²) in [6.45, 7) is 5.44. The third kappa shape index (κ3) is 3.77. The highest BCUT2D eigenvalue weighted by atomic mass is 79.9. The first-order valence-electron chi connectivity index (χ1n) is 6.06. The van der Waals surface area contributed by atoms with Gasteiger partial charge in [0.1, 0.15) is 5.56 Å². The van der Waals surface area contributed by atoms with Gasteiger partial charge in [0.15, 0.2) is 0 Å². The lowest BCUT2D eigenvalue weighted by Crippen LogP contribution is -2.40. The molecule has 0 bridgehead atoms. The van der Waals surface area contributed by atoms with Gasteiger partial charge in [0, 0.05) is 22.5 Å². The Kier molecular flexibility index (Phi) is 5.24. The largest absolute Gasteiger partial charge is 0.393 e. The summed E-state index contributed by atoms with van der Waals surface area (Å²) in [6, 6.07) is 4.35. The minimum Gasteiger partial charge on any atom is -0.393 e. The third-order valence-corrected chi connectivity index (χ3v) is 3.91. The monoisotopic (exact) mass is 344 g/mol. The predicted octanol–water partition coefficient (Wildman–Crippen LogP) is 2.49. The van der Waals surface area contributed by atoms with Crippen LogP contribution in [-0.2, 0) is 0 Å². The van der Waals surface area contributed by atoms with Crippen molar-refractivity contribution < 1.29 is 14.8 Å². The molecule has 0 fully saturated rings. The molecule has 6 nitrogen and oxygen atoms in total. The van der Waals surface area contributed by atoms with E-state index >= 15 is 0 Å². The van der Waals surface area contributed by atoms with E-state index in [0.29, 0.717) is 4.47 Å². The van der Waals surface area contributed by atoms with Crippen molar-refractivity contribution in [3.63, 3.8) is 0 Å². The Balaban J connectivity index is 2.97. The first-order valence-corrected chi connectivity index (χ1v) is 6.85. The number of nitro groups is 1. The van der Waals surface area contributed by atoms with Gasteiger partial charge in [-0.1, -0.05) is 19.9 Å². The lowest BCUT2D eigenvalue weighted by molar-refractivity contribution is -0.385. The van der Waals surface area contributed by atoms with Gasteiger partial charge in [0.05, 0.1) is 11.0 Å². The molecule has 0 aliphatic carbocycles. The average molecular weight is 345 g/mol. The van der Waals surface area contributed by atoms with Crippen LogP contribution < -0.4 is 5.32 Å². The minimum atomic E-state index is -0.614. The van der Waals surface area contributed by atoms with E-state index in [1.54, 1.807) is 26.8 Å². The SMILES string of the molecule is CC(O)C(C)(C)CNC(=O)c1c(Br)cccc1[N+](=O)[O-]. The van der Waals surface area contributed by atoms with E-state index in [1.165, 1.54) is 12.1 Å². The quantitative estimate of drug-likeness (QED) is 0.633. The van der Waals surface area contributed by atoms with Gasteiger partial charge < -0.3 is 10.4 Å². The summed E-state index contributed by atoms with van der Waals surface area (Å²) in [5.74, 6) is -0.544. The first kappa shape index (κ1) is 16.6. The van der Waals surface area contributed by atoms with Gasteiger partial charge in [-0.25, -0.2) is 0 Å². The van der Waals surface area contributed by atoms with Crippen LogP contribution in [0, 0.1) is 15.5 Å². The number of hydrogen-bond donors (Lipinski definition) is 2. The van der Waals surface area contributed by atoms with Crippen molar-refractivity contribution in [3.8, 4) is 0 Å². The Bertz CT molecular complexity index is 529. The molecule has 110 valence electrons. The number of aliphatic hydroxyl groups excluding tert-OH is 1. The molecule has 1 aromatic rings. The van der Waals surface area contributed by atoms with E-state index in [-0.39, 0.29) is 17.8 Å². The summed E-state index contributed by atoms with van der Waals surface area (Å²) in [4.78, 5) is 22.5. The van der Waals surface area contributed by atoms with E-state index in [2.05, 4.69) is 21.2 Å². The summed E-state index contributed by atoms with van der Waals surface area (Å²) >= 11 is 3.15. The molecule has 0 radical (unpaired) electrons. The Hall–Kier alpha value is -1.47. The highest BCUT2D eigenvalue weighted by Gasteiger charge is 2.27. The molecule has 1 amide bonds. The summed E-state index contributed by atoms with van der Waals surface area (Å²) in [5.41, 5.74) is -0.795. The maximum Gasteiger partial charge on any atom is 0.283 e. The number of carbonyl (C=O) groups excluding carboxylic acids is 1. The van der Waals surface area contributed by atoms with E-state index in [1.807, 2.05) is 0 Å². The van der Waals surface area contributed by atoms with Gasteiger partial charge in [-0.3, -0.25) is 14.9 Å². The molecule has 2 N–H and O–H groups in total. The number of carbonyl (C=O) groups is 1. The van der Waals surface area contributed by atoms with Gasteiger partial charge in [0.2, 0.25) is 0 Å². The number of rotatable bonds is 5. The molecule has 0 saturated heterocycles. The fourth-order valence-electron chi connectivity index (χ4n) is 1.43. The third-order valence-electron chi connectivity index (χ3n) is 3.25. The highest BCUT2D eigenvalue weighted by molar-refractivity contribution is 9.10. The molecule has 1 aromatic carbocycles. The number of halogens is 1. The number of nitrogens with one attached hydrogen (secondary N) is 1. The van der Waals surface area contributed by atoms with Crippen LogP contribution >= 0.6 is 15.9 Å². The maximum atomic E-state index is 12.1. The second kappa shape index (κ2) is 6.32. The molecule has 20 heavy (non-hydrogen) atoms. The lowest BCUT2D eigenvalue weighted by atomic mass is 9.87. The van der Waals surface area contributed by atoms with Crippen molar-refractivity contribution in [2.75, 3.05) is 6.54 Å². The van der Waals surface area contributed by atoms with E-state index in [4.69, 9.17) is 0 Å². The van der Waals surface area contributed by atoms with Crippen LogP contribution in [0.15, 0.2) is 22.7 Å². The molecule has 0 heterocycles. The zero-order valence-electron chi connectivity index (χ0n) is 11.5. The average Bonchev–Trinajstić information content (AvgIpc) is 2.35. The summed E-state index contributed by atoms with van der Waals surface area (Å²) in [6.07, 6.45) is -0.614. The number of amides is 1. The number of nitro benzene ring substituents is 1. The van der Waals surface area contributed by atoms with E-state index < -0.39 is 22.3 Å². The van der Waals surface area contributed by atoms with Gasteiger partial charge in [-0.2, -0.15) is 0 Å². The fourth-order valence-corrected chi connectivity index (χ4v) is 1.97. The molecular formula is C13H17BrN2O4. The van der Waals surface area contributed by atoms with Gasteiger partial charge in [-0.15, -0.1) is 0 Å². The first-order chi connectivity index (χ1) is 9.16. The molecule has 0 saturated carbocycles. The van der Waals surface area contributed by atoms with Crippen molar-refractivity contribution in [3.05, 3.63) is 38.3 Å². The molecule has 1 rings (SSSR count). The summed E-state index contributed by atoms with van der Waals surface area (Å²) < 4.78 is 0.360. The van der Waals surface area contributed by atoms with Crippen molar-refractivity contribution in [1.29, 1.82) is 0 Å². The van der Waals surface area contributed by atoms with E-state index in [9.17, 15) is 20.0 Å². The molecule has 0 aromatic heterocycles. The van der Waals surface area contributed by atoms with Gasteiger partial charge >= 0.3 is 0 Å². The highest BCUT2D eigenvalue weighted by Crippen LogP contribution is 2.27. The Morgan fingerprint density at radius 3 is 2.65 bits per heavy atom. The molecule has 1 unspecified atom stereocenters. The lowest BCUT2D eigenvalue weighted by Gasteiger charge is -2.28. The van der Waals surface area contributed by atoms with E-state index in [0.717, 1.165) is 0 Å². The summed E-state index contributed by atoms with van der Waals surface area (Å²) in [7, 11) is 0. The topological polar surface area (TPSA) is 92.5 Å². The molecule has 7 heteroatoms. The van der Waals surface area contributed by atoms with Crippen molar-refractivity contribution in [1.82, 2.24) is 5.32 Å². The minimum absolute atomic E-state index is 0.0149. The van der Waals surface area contributed by atoms with Crippen molar-refractivity contribution in [2.45, 2.75) is 26.9 Å². The maximum absolute atomic E-state index is 12.1. The predicted molar refractivity (Wildman–Crippen MR) is 78.6 cm³/mol. The Labute approximate surface area is 125 Å². The number of aliphatic hydroxyl groups is 1. The standard InChI is InChI=1S/C13H17BrN2O4/c1-8(17)13(2,3)7-15-12(18)11-9(14)5-4-6-10(11)16(19)20/h4-6,8,17H,7H2,1-3H3,(H,15,18). The fraction of sp³-hybridized carbons (Fsp3) is 0.462. The van der Waals surface area contributed by atoms with Crippen LogP contribution in [0.25, 0.3) is 0 Å². The van der Waals surface area contributed by atoms with Crippen LogP contribution in [-0.4, -0.2) is 28.6 Å². The zero-order valence-corrected chi connectivity index (χ0v) is 13.1. The second-order valence-corrected chi connectivity index (χ2v) is 6.09. The molecule has 0 aliphatic heterocycles. The Morgan fingerprint density at radius 2 is 2.15 bits per heavy atom. The molecular weight excluding hydrogens is 328 g/mol. The zero-order chi connectivity index (χ0) is 15.5. The van der Waals surface area contributed by atoms with Crippen LogP contribution in [0.4, 0.5) is 5.69 Å². The van der Waals surface area contributed by atoms with Gasteiger partial charge in [-0.05, 0) is 28.9 Å². The van der Waals surface area contributed by atoms with Crippen molar-refractivity contribution in [2.24, 2.45) is 5.41 Å². The molecule has 1 atom stereocenters. The van der Waals surface area contributed by atoms with Crippen molar-refractivity contribution >= 4 is 27.5 Å². The smallest absolute Gasteiger partial charge is 0.283 e. The van der Waals surface area contributed by atoms with Crippen LogP contribution in [0.1, 0.15) is 31.1 Å². The van der Waals surface area contributed by atoms with Crippen LogP contribution in [0.5, 0.6) is 0 Å². The molecule has 0 aliphatic rings. The van der Waals surface area contributed by atoms with Crippen LogP contribution in [0.2, 0.25) is 0 Å². The summed E-state index contributed by atoms with van der Waals surface area (Å²) in [5, 5.41) is 23.2. The second-order valence-electron chi connectivity index (χ2n) is 5.24. The van der Waals surface area contributed by atoms with Crippen LogP contribution in [0.3, 0.4) is 0 Å². The van der Waals surface area contributed by atoms with Gasteiger partial charge in [0.25, 0.3) is 11.6 Å².